The molecule has 1 unspecified atom stereocenters. The standard InChI is InChI=1S/C24H35N3O4/c1-17(28)26-21(15-18-9-3-2-4-10-18)24(30)25-16-19(29)11-5-8-14-23-27-20-12-6-7-13-22(20)31-23/h6-7,12-13,18-19,21,29H,2-5,8-11,14-16H2,1H3,(H,25,30)(H,26,28)/t19?,21-/m0/s1. The van der Waals surface area contributed by atoms with Gasteiger partial charge in [0.2, 0.25) is 11.8 Å². The molecule has 31 heavy (non-hydrogen) atoms. The Morgan fingerprint density at radius 2 is 1.97 bits per heavy atom. The van der Waals surface area contributed by atoms with E-state index in [9.17, 15) is 14.7 Å². The first-order valence-corrected chi connectivity index (χ1v) is 11.6. The Hall–Kier alpha value is -2.41. The highest BCUT2D eigenvalue weighted by Gasteiger charge is 2.25. The zero-order valence-electron chi connectivity index (χ0n) is 18.4. The number of aliphatic hydroxyl groups is 1. The van der Waals surface area contributed by atoms with E-state index in [1.165, 1.54) is 26.2 Å². The van der Waals surface area contributed by atoms with E-state index in [1.54, 1.807) is 0 Å². The van der Waals surface area contributed by atoms with Crippen LogP contribution in [0.5, 0.6) is 0 Å². The predicted molar refractivity (Wildman–Crippen MR) is 119 cm³/mol. The maximum Gasteiger partial charge on any atom is 0.242 e. The first-order valence-electron chi connectivity index (χ1n) is 11.6. The molecule has 0 bridgehead atoms. The van der Waals surface area contributed by atoms with Crippen LogP contribution < -0.4 is 10.6 Å². The van der Waals surface area contributed by atoms with Crippen LogP contribution in [0.25, 0.3) is 11.1 Å². The summed E-state index contributed by atoms with van der Waals surface area (Å²) in [5.74, 6) is 0.792. The van der Waals surface area contributed by atoms with E-state index in [4.69, 9.17) is 4.42 Å². The quantitative estimate of drug-likeness (QED) is 0.474. The Bertz CT molecular complexity index is 811. The number of aromatic nitrogens is 1. The van der Waals surface area contributed by atoms with Gasteiger partial charge in [-0.25, -0.2) is 4.98 Å². The molecule has 1 fully saturated rings. The summed E-state index contributed by atoms with van der Waals surface area (Å²) in [5, 5.41) is 15.9. The first kappa shape index (κ1) is 23.3. The van der Waals surface area contributed by atoms with E-state index >= 15 is 0 Å². The summed E-state index contributed by atoms with van der Waals surface area (Å²) < 4.78 is 5.71. The maximum atomic E-state index is 12.6. The fraction of sp³-hybridized carbons (Fsp3) is 0.625. The Kier molecular flexibility index (Phi) is 8.88. The van der Waals surface area contributed by atoms with Crippen LogP contribution in [0, 0.1) is 5.92 Å². The highest BCUT2D eigenvalue weighted by Crippen LogP contribution is 2.27. The summed E-state index contributed by atoms with van der Waals surface area (Å²) >= 11 is 0. The van der Waals surface area contributed by atoms with E-state index in [-0.39, 0.29) is 18.4 Å². The van der Waals surface area contributed by atoms with Crippen molar-refractivity contribution in [3.63, 3.8) is 0 Å². The number of fused-ring (bicyclic) bond motifs is 1. The lowest BCUT2D eigenvalue weighted by molar-refractivity contribution is -0.128. The van der Waals surface area contributed by atoms with Gasteiger partial charge in [0, 0.05) is 19.9 Å². The lowest BCUT2D eigenvalue weighted by Gasteiger charge is -2.26. The molecule has 0 aliphatic heterocycles. The molecular weight excluding hydrogens is 394 g/mol. The molecule has 2 aromatic rings. The van der Waals surface area contributed by atoms with Gasteiger partial charge in [-0.15, -0.1) is 0 Å². The number of hydrogen-bond acceptors (Lipinski definition) is 5. The van der Waals surface area contributed by atoms with Crippen molar-refractivity contribution in [3.05, 3.63) is 30.2 Å². The predicted octanol–water partition coefficient (Wildman–Crippen LogP) is 3.49. The number of carbonyl (C=O) groups excluding carboxylic acids is 2. The zero-order valence-corrected chi connectivity index (χ0v) is 18.4. The molecule has 1 heterocycles. The topological polar surface area (TPSA) is 104 Å². The molecule has 2 atom stereocenters. The van der Waals surface area contributed by atoms with Gasteiger partial charge in [-0.05, 0) is 37.3 Å². The number of amides is 2. The van der Waals surface area contributed by atoms with Crippen molar-refractivity contribution in [2.24, 2.45) is 5.92 Å². The minimum absolute atomic E-state index is 0.197. The van der Waals surface area contributed by atoms with Gasteiger partial charge in [0.25, 0.3) is 0 Å². The second kappa shape index (κ2) is 11.8. The minimum atomic E-state index is -0.611. The molecule has 1 aromatic carbocycles. The van der Waals surface area contributed by atoms with Gasteiger partial charge < -0.3 is 20.2 Å². The number of aryl methyl sites for hydroxylation is 1. The molecular formula is C24H35N3O4. The number of unbranched alkanes of at least 4 members (excludes halogenated alkanes) is 1. The lowest BCUT2D eigenvalue weighted by Crippen LogP contribution is -2.48. The van der Waals surface area contributed by atoms with Crippen LogP contribution in [0.15, 0.2) is 28.7 Å². The number of nitrogens with one attached hydrogen (secondary N) is 2. The SMILES string of the molecule is CC(=O)N[C@@H](CC1CCCCC1)C(=O)NCC(O)CCCCc1nc2ccccc2o1. The zero-order chi connectivity index (χ0) is 22.1. The van der Waals surface area contributed by atoms with Gasteiger partial charge in [-0.1, -0.05) is 50.7 Å². The fourth-order valence-corrected chi connectivity index (χ4v) is 4.36. The van der Waals surface area contributed by atoms with E-state index in [2.05, 4.69) is 15.6 Å². The molecule has 2 amide bonds. The van der Waals surface area contributed by atoms with E-state index in [0.29, 0.717) is 24.7 Å². The molecule has 1 aromatic heterocycles. The smallest absolute Gasteiger partial charge is 0.242 e. The van der Waals surface area contributed by atoms with Crippen molar-refractivity contribution in [3.8, 4) is 0 Å². The molecule has 7 nitrogen and oxygen atoms in total. The number of hydrogen-bond donors (Lipinski definition) is 3. The van der Waals surface area contributed by atoms with Crippen molar-refractivity contribution in [1.29, 1.82) is 0 Å². The number of rotatable bonds is 11. The van der Waals surface area contributed by atoms with Gasteiger partial charge in [0.15, 0.2) is 11.5 Å². The Morgan fingerprint density at radius 3 is 2.71 bits per heavy atom. The van der Waals surface area contributed by atoms with Crippen molar-refractivity contribution < 1.29 is 19.1 Å². The summed E-state index contributed by atoms with van der Waals surface area (Å²) in [5.41, 5.74) is 1.66. The maximum absolute atomic E-state index is 12.6. The van der Waals surface area contributed by atoms with Crippen LogP contribution in [0.2, 0.25) is 0 Å². The number of benzene rings is 1. The van der Waals surface area contributed by atoms with Crippen LogP contribution >= 0.6 is 0 Å². The van der Waals surface area contributed by atoms with Gasteiger partial charge in [-0.2, -0.15) is 0 Å². The number of oxazole rings is 1. The van der Waals surface area contributed by atoms with E-state index in [0.717, 1.165) is 43.2 Å². The van der Waals surface area contributed by atoms with Crippen molar-refractivity contribution in [2.75, 3.05) is 6.54 Å². The molecule has 170 valence electrons. The van der Waals surface area contributed by atoms with Crippen LogP contribution in [0.1, 0.15) is 70.6 Å². The third kappa shape index (κ3) is 7.65. The lowest BCUT2D eigenvalue weighted by atomic mass is 9.84. The Balaban J connectivity index is 1.35. The van der Waals surface area contributed by atoms with Crippen molar-refractivity contribution >= 4 is 22.9 Å². The van der Waals surface area contributed by atoms with E-state index < -0.39 is 12.1 Å². The Morgan fingerprint density at radius 1 is 1.19 bits per heavy atom. The third-order valence-corrected chi connectivity index (χ3v) is 6.02. The highest BCUT2D eigenvalue weighted by molar-refractivity contribution is 5.86. The van der Waals surface area contributed by atoms with Crippen LogP contribution in [0.4, 0.5) is 0 Å². The molecule has 1 aliphatic rings. The van der Waals surface area contributed by atoms with Crippen LogP contribution in [-0.2, 0) is 16.0 Å². The van der Waals surface area contributed by atoms with Gasteiger partial charge >= 0.3 is 0 Å². The summed E-state index contributed by atoms with van der Waals surface area (Å²) in [6, 6.07) is 7.17. The van der Waals surface area contributed by atoms with Gasteiger partial charge in [0.05, 0.1) is 6.10 Å². The number of nitrogens with zero attached hydrogens (tertiary/aromatic N) is 1. The molecule has 3 N–H and O–H groups in total. The second-order valence-corrected chi connectivity index (χ2v) is 8.71. The van der Waals surface area contributed by atoms with Crippen LogP contribution in [-0.4, -0.2) is 40.6 Å². The van der Waals surface area contributed by atoms with Crippen molar-refractivity contribution in [2.45, 2.75) is 83.3 Å². The number of aliphatic hydroxyl groups excluding tert-OH is 1. The van der Waals surface area contributed by atoms with Gasteiger partial charge in [-0.3, -0.25) is 9.59 Å². The van der Waals surface area contributed by atoms with E-state index in [1.807, 2.05) is 24.3 Å². The molecule has 0 saturated heterocycles. The third-order valence-electron chi connectivity index (χ3n) is 6.02. The summed E-state index contributed by atoms with van der Waals surface area (Å²) in [4.78, 5) is 28.6. The molecule has 1 aliphatic carbocycles. The normalized spacial score (nSPS) is 16.7. The molecule has 0 spiro atoms. The summed E-state index contributed by atoms with van der Waals surface area (Å²) in [7, 11) is 0. The second-order valence-electron chi connectivity index (χ2n) is 8.71. The number of carbonyl (C=O) groups is 2. The minimum Gasteiger partial charge on any atom is -0.441 e. The van der Waals surface area contributed by atoms with Crippen LogP contribution in [0.3, 0.4) is 0 Å². The molecule has 1 saturated carbocycles. The fourth-order valence-electron chi connectivity index (χ4n) is 4.36. The highest BCUT2D eigenvalue weighted by atomic mass is 16.3. The summed E-state index contributed by atoms with van der Waals surface area (Å²) in [6.07, 6.45) is 8.92. The van der Waals surface area contributed by atoms with Gasteiger partial charge in [0.1, 0.15) is 11.6 Å². The monoisotopic (exact) mass is 429 g/mol. The molecule has 0 radical (unpaired) electrons. The average molecular weight is 430 g/mol. The number of para-hydroxylation sites is 2. The largest absolute Gasteiger partial charge is 0.441 e. The molecule has 7 heteroatoms. The first-order chi connectivity index (χ1) is 15.0. The summed E-state index contributed by atoms with van der Waals surface area (Å²) in [6.45, 7) is 1.63. The molecule has 3 rings (SSSR count). The Labute approximate surface area is 184 Å². The average Bonchev–Trinajstić information content (AvgIpc) is 3.18. The van der Waals surface area contributed by atoms with Crippen molar-refractivity contribution in [1.82, 2.24) is 15.6 Å².